The topological polar surface area (TPSA) is 36.9 Å². The minimum Gasteiger partial charge on any atom is -0.494 e. The molecule has 1 aromatic carbocycles. The number of unbranched alkanes of at least 4 members (excludes halogenated alkanes) is 1. The fraction of sp³-hybridized carbons (Fsp3) is 0.632. The number of likely N-dealkylation sites (tertiary alicyclic amines) is 1. The van der Waals surface area contributed by atoms with Gasteiger partial charge in [0.05, 0.1) is 6.61 Å². The van der Waals surface area contributed by atoms with E-state index in [0.717, 1.165) is 56.7 Å². The number of ether oxygens (including phenoxy) is 1. The zero-order chi connectivity index (χ0) is 16.5. The van der Waals surface area contributed by atoms with Gasteiger partial charge in [-0.3, -0.25) is 4.99 Å². The monoisotopic (exact) mass is 317 g/mol. The summed E-state index contributed by atoms with van der Waals surface area (Å²) in [5.74, 6) is 2.78. The van der Waals surface area contributed by atoms with Crippen LogP contribution >= 0.6 is 0 Å². The van der Waals surface area contributed by atoms with Crippen molar-refractivity contribution in [3.05, 3.63) is 29.8 Å². The van der Waals surface area contributed by atoms with Crippen LogP contribution in [0.15, 0.2) is 29.3 Å². The van der Waals surface area contributed by atoms with Crippen LogP contribution in [0, 0.1) is 12.8 Å². The molecule has 0 aliphatic carbocycles. The Morgan fingerprint density at radius 1 is 1.30 bits per heavy atom. The Hall–Kier alpha value is -1.71. The summed E-state index contributed by atoms with van der Waals surface area (Å²) in [5.41, 5.74) is 1.26. The molecule has 1 atom stereocenters. The van der Waals surface area contributed by atoms with Crippen LogP contribution < -0.4 is 10.1 Å². The van der Waals surface area contributed by atoms with Crippen LogP contribution in [-0.2, 0) is 0 Å². The number of benzene rings is 1. The van der Waals surface area contributed by atoms with Crippen molar-refractivity contribution in [3.63, 3.8) is 0 Å². The number of nitrogens with one attached hydrogen (secondary N) is 1. The lowest BCUT2D eigenvalue weighted by Crippen LogP contribution is -2.46. The number of aryl methyl sites for hydroxylation is 1. The number of guanidine groups is 1. The Morgan fingerprint density at radius 2 is 2.09 bits per heavy atom. The SMILES string of the molecule is CN=C(NCCCCOc1ccc(C)cc1)N1CCCC(C)C1. The van der Waals surface area contributed by atoms with E-state index in [1.165, 1.54) is 18.4 Å². The summed E-state index contributed by atoms with van der Waals surface area (Å²) in [6.07, 6.45) is 4.75. The average Bonchev–Trinajstić information content (AvgIpc) is 2.56. The van der Waals surface area contributed by atoms with Crippen LogP contribution in [0.1, 0.15) is 38.2 Å². The number of piperidine rings is 1. The summed E-state index contributed by atoms with van der Waals surface area (Å²) in [5, 5.41) is 3.49. The number of hydrogen-bond acceptors (Lipinski definition) is 2. The quantitative estimate of drug-likeness (QED) is 0.496. The molecule has 0 saturated carbocycles. The van der Waals surface area contributed by atoms with Gasteiger partial charge in [0, 0.05) is 26.7 Å². The number of nitrogens with zero attached hydrogens (tertiary/aromatic N) is 2. The van der Waals surface area contributed by atoms with Crippen LogP contribution in [0.25, 0.3) is 0 Å². The molecule has 1 fully saturated rings. The van der Waals surface area contributed by atoms with E-state index in [1.54, 1.807) is 0 Å². The first-order chi connectivity index (χ1) is 11.2. The lowest BCUT2D eigenvalue weighted by Gasteiger charge is -2.33. The molecule has 1 unspecified atom stereocenters. The van der Waals surface area contributed by atoms with Crippen molar-refractivity contribution >= 4 is 5.96 Å². The molecule has 1 N–H and O–H groups in total. The third-order valence-electron chi connectivity index (χ3n) is 4.31. The lowest BCUT2D eigenvalue weighted by atomic mass is 10.0. The van der Waals surface area contributed by atoms with Gasteiger partial charge in [0.15, 0.2) is 5.96 Å². The molecule has 128 valence electrons. The first-order valence-corrected chi connectivity index (χ1v) is 8.84. The van der Waals surface area contributed by atoms with Gasteiger partial charge >= 0.3 is 0 Å². The third-order valence-corrected chi connectivity index (χ3v) is 4.31. The Morgan fingerprint density at radius 3 is 2.78 bits per heavy atom. The smallest absolute Gasteiger partial charge is 0.193 e. The third kappa shape index (κ3) is 6.12. The first kappa shape index (κ1) is 17.6. The standard InChI is InChI=1S/C19H31N3O/c1-16-8-10-18(11-9-16)23-14-5-4-12-21-19(20-3)22-13-6-7-17(2)15-22/h8-11,17H,4-7,12-15H2,1-3H3,(H,20,21). The van der Waals surface area contributed by atoms with Crippen LogP contribution in [0.4, 0.5) is 0 Å². The van der Waals surface area contributed by atoms with Crippen molar-refractivity contribution in [1.29, 1.82) is 0 Å². The van der Waals surface area contributed by atoms with Gasteiger partial charge < -0.3 is 15.0 Å². The summed E-state index contributed by atoms with van der Waals surface area (Å²) in [7, 11) is 1.88. The Labute approximate surface area is 140 Å². The highest BCUT2D eigenvalue weighted by atomic mass is 16.5. The summed E-state index contributed by atoms with van der Waals surface area (Å²) in [6.45, 7) is 8.38. The van der Waals surface area contributed by atoms with Gasteiger partial charge in [-0.25, -0.2) is 0 Å². The molecule has 1 heterocycles. The van der Waals surface area contributed by atoms with Crippen molar-refractivity contribution < 1.29 is 4.74 Å². The van der Waals surface area contributed by atoms with Gasteiger partial charge in [-0.05, 0) is 50.7 Å². The fourth-order valence-electron chi connectivity index (χ4n) is 2.97. The molecule has 2 rings (SSSR count). The van der Waals surface area contributed by atoms with Crippen LogP contribution in [-0.4, -0.2) is 44.1 Å². The van der Waals surface area contributed by atoms with Crippen molar-refractivity contribution in [2.24, 2.45) is 10.9 Å². The highest BCUT2D eigenvalue weighted by Gasteiger charge is 2.18. The van der Waals surface area contributed by atoms with Gasteiger partial charge in [0.2, 0.25) is 0 Å². The molecule has 4 nitrogen and oxygen atoms in total. The lowest BCUT2D eigenvalue weighted by molar-refractivity contribution is 0.265. The highest BCUT2D eigenvalue weighted by molar-refractivity contribution is 5.79. The number of hydrogen-bond donors (Lipinski definition) is 1. The molecule has 4 heteroatoms. The maximum atomic E-state index is 5.76. The molecule has 0 radical (unpaired) electrons. The zero-order valence-electron chi connectivity index (χ0n) is 14.8. The van der Waals surface area contributed by atoms with Gasteiger partial charge in [-0.1, -0.05) is 24.6 Å². The maximum absolute atomic E-state index is 5.76. The number of rotatable bonds is 6. The molecule has 0 aromatic heterocycles. The molecule has 1 aromatic rings. The van der Waals surface area contributed by atoms with Gasteiger partial charge in [-0.15, -0.1) is 0 Å². The minimum atomic E-state index is 0.768. The summed E-state index contributed by atoms with van der Waals surface area (Å²) in [6, 6.07) is 8.24. The van der Waals surface area contributed by atoms with E-state index in [9.17, 15) is 0 Å². The largest absolute Gasteiger partial charge is 0.494 e. The van der Waals surface area contributed by atoms with Gasteiger partial charge in [0.25, 0.3) is 0 Å². The summed E-state index contributed by atoms with van der Waals surface area (Å²) >= 11 is 0. The normalized spacial score (nSPS) is 18.8. The molecule has 0 spiro atoms. The van der Waals surface area contributed by atoms with E-state index < -0.39 is 0 Å². The molecule has 1 aliphatic rings. The van der Waals surface area contributed by atoms with Crippen LogP contribution in [0.2, 0.25) is 0 Å². The second-order valence-electron chi connectivity index (χ2n) is 6.54. The Bertz CT molecular complexity index is 484. The van der Waals surface area contributed by atoms with E-state index >= 15 is 0 Å². The average molecular weight is 317 g/mol. The molecular weight excluding hydrogens is 286 g/mol. The minimum absolute atomic E-state index is 0.768. The van der Waals surface area contributed by atoms with E-state index in [-0.39, 0.29) is 0 Å². The van der Waals surface area contributed by atoms with Crippen molar-refractivity contribution in [2.75, 3.05) is 33.3 Å². The molecule has 23 heavy (non-hydrogen) atoms. The van der Waals surface area contributed by atoms with Crippen molar-refractivity contribution in [3.8, 4) is 5.75 Å². The molecule has 1 aliphatic heterocycles. The fourth-order valence-corrected chi connectivity index (χ4v) is 2.97. The molecule has 0 amide bonds. The van der Waals surface area contributed by atoms with Gasteiger partial charge in [0.1, 0.15) is 5.75 Å². The second kappa shape index (κ2) is 9.43. The zero-order valence-corrected chi connectivity index (χ0v) is 14.8. The van der Waals surface area contributed by atoms with E-state index in [0.29, 0.717) is 0 Å². The Kier molecular flexibility index (Phi) is 7.24. The van der Waals surface area contributed by atoms with Crippen LogP contribution in [0.3, 0.4) is 0 Å². The van der Waals surface area contributed by atoms with E-state index in [1.807, 2.05) is 19.2 Å². The molecule has 0 bridgehead atoms. The van der Waals surface area contributed by atoms with Crippen molar-refractivity contribution in [1.82, 2.24) is 10.2 Å². The number of aliphatic imine (C=N–C) groups is 1. The van der Waals surface area contributed by atoms with Gasteiger partial charge in [-0.2, -0.15) is 0 Å². The summed E-state index contributed by atoms with van der Waals surface area (Å²) < 4.78 is 5.76. The highest BCUT2D eigenvalue weighted by Crippen LogP contribution is 2.15. The predicted molar refractivity (Wildman–Crippen MR) is 97.2 cm³/mol. The second-order valence-corrected chi connectivity index (χ2v) is 6.54. The summed E-state index contributed by atoms with van der Waals surface area (Å²) in [4.78, 5) is 6.81. The molecular formula is C19H31N3O. The predicted octanol–water partition coefficient (Wildman–Crippen LogP) is 3.46. The van der Waals surface area contributed by atoms with E-state index in [4.69, 9.17) is 4.74 Å². The Balaban J connectivity index is 1.59. The van der Waals surface area contributed by atoms with Crippen LogP contribution in [0.5, 0.6) is 5.75 Å². The van der Waals surface area contributed by atoms with E-state index in [2.05, 4.69) is 41.2 Å². The molecule has 1 saturated heterocycles. The first-order valence-electron chi connectivity index (χ1n) is 8.84. The van der Waals surface area contributed by atoms with Crippen molar-refractivity contribution in [2.45, 2.75) is 39.5 Å². The maximum Gasteiger partial charge on any atom is 0.193 e.